The van der Waals surface area contributed by atoms with Crippen LogP contribution in [-0.2, 0) is 11.3 Å². The first-order valence-electron chi connectivity index (χ1n) is 7.50. The van der Waals surface area contributed by atoms with E-state index in [2.05, 4.69) is 9.72 Å². The van der Waals surface area contributed by atoms with Crippen molar-refractivity contribution in [2.24, 2.45) is 0 Å². The standard InChI is InChI=1S/C19H17NO4/c1-13-17(20-18(24-13)14-6-4-3-5-7-14)12-23-16-10-8-15(9-11-16)19(21)22-2/h3-11H,12H2,1-2H3. The van der Waals surface area contributed by atoms with Crippen LogP contribution in [0.2, 0.25) is 0 Å². The Labute approximate surface area is 139 Å². The van der Waals surface area contributed by atoms with Gasteiger partial charge in [-0.15, -0.1) is 0 Å². The lowest BCUT2D eigenvalue weighted by Crippen LogP contribution is -2.01. The number of oxazole rings is 1. The number of hydrogen-bond donors (Lipinski definition) is 0. The van der Waals surface area contributed by atoms with Gasteiger partial charge >= 0.3 is 5.97 Å². The maximum Gasteiger partial charge on any atom is 0.337 e. The highest BCUT2D eigenvalue weighted by Crippen LogP contribution is 2.22. The zero-order valence-electron chi connectivity index (χ0n) is 13.5. The largest absolute Gasteiger partial charge is 0.487 e. The zero-order valence-corrected chi connectivity index (χ0v) is 13.5. The molecule has 0 saturated heterocycles. The van der Waals surface area contributed by atoms with E-state index in [1.807, 2.05) is 37.3 Å². The molecule has 0 bridgehead atoms. The van der Waals surface area contributed by atoms with E-state index in [4.69, 9.17) is 9.15 Å². The number of carbonyl (C=O) groups excluding carboxylic acids is 1. The predicted octanol–water partition coefficient (Wildman–Crippen LogP) is 4.02. The van der Waals surface area contributed by atoms with Crippen molar-refractivity contribution in [3.05, 3.63) is 71.6 Å². The number of hydrogen-bond acceptors (Lipinski definition) is 5. The summed E-state index contributed by atoms with van der Waals surface area (Å²) in [7, 11) is 1.35. The van der Waals surface area contributed by atoms with Crippen molar-refractivity contribution < 1.29 is 18.7 Å². The van der Waals surface area contributed by atoms with Crippen LogP contribution in [0.15, 0.2) is 59.0 Å². The third-order valence-electron chi connectivity index (χ3n) is 3.56. The molecule has 3 rings (SSSR count). The summed E-state index contributed by atoms with van der Waals surface area (Å²) in [5, 5.41) is 0. The van der Waals surface area contributed by atoms with Crippen molar-refractivity contribution in [2.75, 3.05) is 7.11 Å². The molecule has 5 nitrogen and oxygen atoms in total. The van der Waals surface area contributed by atoms with Gasteiger partial charge in [0.1, 0.15) is 23.8 Å². The van der Waals surface area contributed by atoms with Gasteiger partial charge in [0.2, 0.25) is 5.89 Å². The van der Waals surface area contributed by atoms with Crippen molar-refractivity contribution in [3.63, 3.8) is 0 Å². The summed E-state index contributed by atoms with van der Waals surface area (Å²) in [6, 6.07) is 16.5. The average molecular weight is 323 g/mol. The van der Waals surface area contributed by atoms with E-state index in [1.54, 1.807) is 24.3 Å². The van der Waals surface area contributed by atoms with Crippen LogP contribution in [0.3, 0.4) is 0 Å². The second-order valence-corrected chi connectivity index (χ2v) is 5.19. The average Bonchev–Trinajstić information content (AvgIpc) is 3.01. The van der Waals surface area contributed by atoms with Gasteiger partial charge in [0, 0.05) is 5.56 Å². The molecule has 0 aliphatic carbocycles. The molecule has 0 radical (unpaired) electrons. The number of nitrogens with zero attached hydrogens (tertiary/aromatic N) is 1. The minimum atomic E-state index is -0.374. The molecule has 0 N–H and O–H groups in total. The molecule has 0 atom stereocenters. The molecule has 122 valence electrons. The normalized spacial score (nSPS) is 10.4. The van der Waals surface area contributed by atoms with Gasteiger partial charge in [0.05, 0.1) is 12.7 Å². The second-order valence-electron chi connectivity index (χ2n) is 5.19. The van der Waals surface area contributed by atoms with Crippen molar-refractivity contribution in [3.8, 4) is 17.2 Å². The van der Waals surface area contributed by atoms with E-state index in [9.17, 15) is 4.79 Å². The number of rotatable bonds is 5. The van der Waals surface area contributed by atoms with Crippen LogP contribution in [0.4, 0.5) is 0 Å². The fourth-order valence-corrected chi connectivity index (χ4v) is 2.22. The first-order chi connectivity index (χ1) is 11.7. The highest BCUT2D eigenvalue weighted by molar-refractivity contribution is 5.89. The molecule has 2 aromatic carbocycles. The summed E-state index contributed by atoms with van der Waals surface area (Å²) >= 11 is 0. The summed E-state index contributed by atoms with van der Waals surface area (Å²) < 4.78 is 16.1. The molecule has 0 saturated carbocycles. The Morgan fingerprint density at radius 3 is 2.46 bits per heavy atom. The highest BCUT2D eigenvalue weighted by atomic mass is 16.5. The van der Waals surface area contributed by atoms with Gasteiger partial charge in [-0.05, 0) is 43.3 Å². The second kappa shape index (κ2) is 7.00. The Bertz CT molecular complexity index is 822. The van der Waals surface area contributed by atoms with E-state index in [0.717, 1.165) is 17.0 Å². The van der Waals surface area contributed by atoms with Crippen LogP contribution in [0, 0.1) is 6.92 Å². The number of ether oxygens (including phenoxy) is 2. The first kappa shape index (κ1) is 15.8. The molecule has 0 fully saturated rings. The minimum Gasteiger partial charge on any atom is -0.487 e. The third kappa shape index (κ3) is 3.46. The lowest BCUT2D eigenvalue weighted by molar-refractivity contribution is 0.0600. The molecule has 24 heavy (non-hydrogen) atoms. The molecule has 0 aliphatic heterocycles. The number of carbonyl (C=O) groups is 1. The van der Waals surface area contributed by atoms with Crippen molar-refractivity contribution in [1.82, 2.24) is 4.98 Å². The molecule has 0 spiro atoms. The number of benzene rings is 2. The Morgan fingerprint density at radius 2 is 1.79 bits per heavy atom. The smallest absolute Gasteiger partial charge is 0.337 e. The Morgan fingerprint density at radius 1 is 1.08 bits per heavy atom. The van der Waals surface area contributed by atoms with Crippen LogP contribution in [-0.4, -0.2) is 18.1 Å². The summed E-state index contributed by atoms with van der Waals surface area (Å²) in [5.41, 5.74) is 2.15. The minimum absolute atomic E-state index is 0.291. The van der Waals surface area contributed by atoms with Crippen LogP contribution >= 0.6 is 0 Å². The van der Waals surface area contributed by atoms with Crippen LogP contribution < -0.4 is 4.74 Å². The van der Waals surface area contributed by atoms with Gasteiger partial charge in [-0.3, -0.25) is 0 Å². The molecule has 0 aliphatic rings. The van der Waals surface area contributed by atoms with Crippen molar-refractivity contribution >= 4 is 5.97 Å². The van der Waals surface area contributed by atoms with Gasteiger partial charge in [0.25, 0.3) is 0 Å². The topological polar surface area (TPSA) is 61.6 Å². The number of esters is 1. The first-order valence-corrected chi connectivity index (χ1v) is 7.50. The van der Waals surface area contributed by atoms with Crippen molar-refractivity contribution in [1.29, 1.82) is 0 Å². The van der Waals surface area contributed by atoms with E-state index < -0.39 is 0 Å². The molecule has 1 aromatic heterocycles. The summed E-state index contributed by atoms with van der Waals surface area (Å²) in [4.78, 5) is 15.9. The summed E-state index contributed by atoms with van der Waals surface area (Å²) in [6.07, 6.45) is 0. The van der Waals surface area contributed by atoms with Gasteiger partial charge < -0.3 is 13.9 Å². The molecule has 0 amide bonds. The van der Waals surface area contributed by atoms with E-state index in [0.29, 0.717) is 23.8 Å². The monoisotopic (exact) mass is 323 g/mol. The molecule has 0 unspecified atom stereocenters. The van der Waals surface area contributed by atoms with Crippen LogP contribution in [0.5, 0.6) is 5.75 Å². The van der Waals surface area contributed by atoms with Crippen molar-refractivity contribution in [2.45, 2.75) is 13.5 Å². The number of methoxy groups -OCH3 is 1. The van der Waals surface area contributed by atoms with Gasteiger partial charge in [0.15, 0.2) is 0 Å². The fourth-order valence-electron chi connectivity index (χ4n) is 2.22. The predicted molar refractivity (Wildman–Crippen MR) is 88.8 cm³/mol. The Hall–Kier alpha value is -3.08. The van der Waals surface area contributed by atoms with Gasteiger partial charge in [-0.25, -0.2) is 9.78 Å². The quantitative estimate of drug-likeness (QED) is 0.664. The number of aryl methyl sites for hydroxylation is 1. The Balaban J connectivity index is 1.69. The van der Waals surface area contributed by atoms with Gasteiger partial charge in [-0.1, -0.05) is 18.2 Å². The molecule has 1 heterocycles. The fraction of sp³-hybridized carbons (Fsp3) is 0.158. The van der Waals surface area contributed by atoms with E-state index >= 15 is 0 Å². The summed E-state index contributed by atoms with van der Waals surface area (Å²) in [5.74, 6) is 1.57. The van der Waals surface area contributed by atoms with E-state index in [1.165, 1.54) is 7.11 Å². The van der Waals surface area contributed by atoms with Crippen LogP contribution in [0.25, 0.3) is 11.5 Å². The van der Waals surface area contributed by atoms with E-state index in [-0.39, 0.29) is 5.97 Å². The summed E-state index contributed by atoms with van der Waals surface area (Å²) in [6.45, 7) is 2.15. The molecule has 3 aromatic rings. The Kier molecular flexibility index (Phi) is 4.61. The molecule has 5 heteroatoms. The molecular formula is C19H17NO4. The number of aromatic nitrogens is 1. The maximum absolute atomic E-state index is 11.4. The maximum atomic E-state index is 11.4. The lowest BCUT2D eigenvalue weighted by Gasteiger charge is -2.05. The SMILES string of the molecule is COC(=O)c1ccc(OCc2nc(-c3ccccc3)oc2C)cc1. The van der Waals surface area contributed by atoms with Crippen LogP contribution in [0.1, 0.15) is 21.8 Å². The van der Waals surface area contributed by atoms with Gasteiger partial charge in [-0.2, -0.15) is 0 Å². The highest BCUT2D eigenvalue weighted by Gasteiger charge is 2.12. The zero-order chi connectivity index (χ0) is 16.9. The molecular weight excluding hydrogens is 306 g/mol. The lowest BCUT2D eigenvalue weighted by atomic mass is 10.2. The third-order valence-corrected chi connectivity index (χ3v) is 3.56.